The molecule has 1 aliphatic heterocycles. The van der Waals surface area contributed by atoms with Crippen molar-refractivity contribution < 1.29 is 19.1 Å². The number of rotatable bonds is 6. The molecule has 0 bridgehead atoms. The van der Waals surface area contributed by atoms with Crippen LogP contribution in [-0.2, 0) is 4.74 Å². The molecule has 1 fully saturated rings. The van der Waals surface area contributed by atoms with Crippen LogP contribution in [-0.4, -0.2) is 42.9 Å². The third kappa shape index (κ3) is 5.01. The number of hydrogen-bond acceptors (Lipinski definition) is 7. The van der Waals surface area contributed by atoms with E-state index in [0.29, 0.717) is 25.6 Å². The van der Waals surface area contributed by atoms with Crippen LogP contribution < -0.4 is 10.6 Å². The van der Waals surface area contributed by atoms with Gasteiger partial charge in [0, 0.05) is 12.6 Å². The molecule has 2 aromatic rings. The molecule has 6 nitrogen and oxygen atoms in total. The summed E-state index contributed by atoms with van der Waals surface area (Å²) in [5.41, 5.74) is 2.41. The molecule has 160 valence electrons. The molecular weight excluding hydrogens is 440 g/mol. The first-order chi connectivity index (χ1) is 14.5. The minimum atomic E-state index is -0.557. The van der Waals surface area contributed by atoms with Gasteiger partial charge in [0.1, 0.15) is 5.00 Å². The van der Waals surface area contributed by atoms with Gasteiger partial charge in [0.25, 0.3) is 11.8 Å². The Kier molecular flexibility index (Phi) is 7.85. The van der Waals surface area contributed by atoms with Crippen LogP contribution in [0.4, 0.5) is 5.00 Å². The molecular formula is C21H24N2O4S3. The highest BCUT2D eigenvalue weighted by molar-refractivity contribution is 8.16. The smallest absolute Gasteiger partial charge is 0.341 e. The largest absolute Gasteiger partial charge is 0.462 e. The molecule has 2 heterocycles. The molecule has 1 aliphatic rings. The van der Waals surface area contributed by atoms with Crippen LogP contribution in [0.25, 0.3) is 0 Å². The Morgan fingerprint density at radius 1 is 1.10 bits per heavy atom. The summed E-state index contributed by atoms with van der Waals surface area (Å²) in [6.07, 6.45) is 1.23. The van der Waals surface area contributed by atoms with E-state index in [1.807, 2.05) is 35.7 Å². The zero-order valence-electron chi connectivity index (χ0n) is 17.1. The predicted molar refractivity (Wildman–Crippen MR) is 125 cm³/mol. The number of anilines is 1. The molecule has 30 heavy (non-hydrogen) atoms. The van der Waals surface area contributed by atoms with E-state index in [-0.39, 0.29) is 24.0 Å². The lowest BCUT2D eigenvalue weighted by atomic mass is 10.1. The zero-order valence-corrected chi connectivity index (χ0v) is 19.5. The molecule has 1 saturated heterocycles. The standard InChI is InChI=1S/C21H24N2O4S3/c1-4-27-20(26)15-12(2)16(18(25)22-3)30-19(15)23-17(24)13-6-8-14(9-7-13)21-28-10-5-11-29-21/h6-9,21H,4-5,10-11H2,1-3H3,(H,22,25)(H,23,24). The molecule has 1 aromatic heterocycles. The van der Waals surface area contributed by atoms with Gasteiger partial charge in [-0.1, -0.05) is 12.1 Å². The van der Waals surface area contributed by atoms with Gasteiger partial charge >= 0.3 is 5.97 Å². The van der Waals surface area contributed by atoms with Crippen LogP contribution >= 0.6 is 34.9 Å². The Morgan fingerprint density at radius 3 is 2.37 bits per heavy atom. The first-order valence-corrected chi connectivity index (χ1v) is 12.5. The second-order valence-corrected chi connectivity index (χ2v) is 10.3. The maximum Gasteiger partial charge on any atom is 0.341 e. The molecule has 0 unspecified atom stereocenters. The highest BCUT2D eigenvalue weighted by Crippen LogP contribution is 2.43. The van der Waals surface area contributed by atoms with Crippen molar-refractivity contribution in [2.45, 2.75) is 24.9 Å². The van der Waals surface area contributed by atoms with Crippen LogP contribution in [0.2, 0.25) is 0 Å². The number of amides is 2. The second kappa shape index (κ2) is 10.4. The van der Waals surface area contributed by atoms with Crippen LogP contribution in [0, 0.1) is 6.92 Å². The quantitative estimate of drug-likeness (QED) is 0.602. The maximum absolute atomic E-state index is 12.8. The van der Waals surface area contributed by atoms with Gasteiger partial charge in [-0.3, -0.25) is 9.59 Å². The first-order valence-electron chi connectivity index (χ1n) is 9.63. The lowest BCUT2D eigenvalue weighted by Crippen LogP contribution is -2.18. The van der Waals surface area contributed by atoms with E-state index in [1.54, 1.807) is 26.0 Å². The van der Waals surface area contributed by atoms with E-state index >= 15 is 0 Å². The van der Waals surface area contributed by atoms with Gasteiger partial charge in [-0.05, 0) is 55.0 Å². The van der Waals surface area contributed by atoms with Gasteiger partial charge in [0.15, 0.2) is 0 Å². The molecule has 0 radical (unpaired) electrons. The zero-order chi connectivity index (χ0) is 21.7. The highest BCUT2D eigenvalue weighted by atomic mass is 32.2. The van der Waals surface area contributed by atoms with Crippen LogP contribution in [0.5, 0.6) is 0 Å². The van der Waals surface area contributed by atoms with Crippen molar-refractivity contribution in [3.63, 3.8) is 0 Å². The Morgan fingerprint density at radius 2 is 1.77 bits per heavy atom. The minimum Gasteiger partial charge on any atom is -0.462 e. The second-order valence-electron chi connectivity index (χ2n) is 6.56. The fourth-order valence-electron chi connectivity index (χ4n) is 3.03. The summed E-state index contributed by atoms with van der Waals surface area (Å²) in [6.45, 7) is 3.59. The van der Waals surface area contributed by atoms with Crippen molar-refractivity contribution in [1.29, 1.82) is 0 Å². The molecule has 0 atom stereocenters. The normalized spacial score (nSPS) is 14.2. The van der Waals surface area contributed by atoms with Gasteiger partial charge in [-0.2, -0.15) is 0 Å². The maximum atomic E-state index is 12.8. The van der Waals surface area contributed by atoms with Gasteiger partial charge in [0.05, 0.1) is 21.6 Å². The van der Waals surface area contributed by atoms with Crippen molar-refractivity contribution in [1.82, 2.24) is 5.32 Å². The molecule has 1 aromatic carbocycles. The lowest BCUT2D eigenvalue weighted by molar-refractivity contribution is 0.0527. The number of thioether (sulfide) groups is 2. The van der Waals surface area contributed by atoms with Gasteiger partial charge < -0.3 is 15.4 Å². The monoisotopic (exact) mass is 464 g/mol. The van der Waals surface area contributed by atoms with Crippen LogP contribution in [0.3, 0.4) is 0 Å². The molecule has 9 heteroatoms. The fraction of sp³-hybridized carbons (Fsp3) is 0.381. The number of ether oxygens (including phenoxy) is 1. The van der Waals surface area contributed by atoms with Crippen LogP contribution in [0.1, 0.15) is 59.4 Å². The predicted octanol–water partition coefficient (Wildman–Crippen LogP) is 4.71. The third-order valence-corrected chi connectivity index (χ3v) is 8.78. The minimum absolute atomic E-state index is 0.204. The number of thiophene rings is 1. The molecule has 0 spiro atoms. The van der Waals surface area contributed by atoms with E-state index in [2.05, 4.69) is 10.6 Å². The van der Waals surface area contributed by atoms with E-state index in [1.165, 1.54) is 19.0 Å². The summed E-state index contributed by atoms with van der Waals surface area (Å²) in [6, 6.07) is 7.55. The van der Waals surface area contributed by atoms with Crippen molar-refractivity contribution >= 4 is 57.6 Å². The van der Waals surface area contributed by atoms with E-state index in [4.69, 9.17) is 4.74 Å². The average Bonchev–Trinajstić information content (AvgIpc) is 3.09. The van der Waals surface area contributed by atoms with Gasteiger partial charge in [-0.25, -0.2) is 4.79 Å². The van der Waals surface area contributed by atoms with Crippen molar-refractivity contribution in [3.05, 3.63) is 51.4 Å². The van der Waals surface area contributed by atoms with E-state index in [9.17, 15) is 14.4 Å². The van der Waals surface area contributed by atoms with E-state index < -0.39 is 5.97 Å². The number of carbonyl (C=O) groups is 3. The molecule has 3 rings (SSSR count). The molecule has 0 aliphatic carbocycles. The van der Waals surface area contributed by atoms with Crippen molar-refractivity contribution in [2.24, 2.45) is 0 Å². The lowest BCUT2D eigenvalue weighted by Gasteiger charge is -2.21. The SMILES string of the molecule is CCOC(=O)c1c(NC(=O)c2ccc(C3SCCCS3)cc2)sc(C(=O)NC)c1C. The summed E-state index contributed by atoms with van der Waals surface area (Å²) < 4.78 is 5.53. The molecule has 2 N–H and O–H groups in total. The first kappa shape index (κ1) is 22.7. The van der Waals surface area contributed by atoms with Crippen LogP contribution in [0.15, 0.2) is 24.3 Å². The number of nitrogens with one attached hydrogen (secondary N) is 2. The third-order valence-electron chi connectivity index (χ3n) is 4.56. The van der Waals surface area contributed by atoms with Crippen molar-refractivity contribution in [3.8, 4) is 0 Å². The number of hydrogen-bond donors (Lipinski definition) is 2. The Balaban J connectivity index is 1.83. The summed E-state index contributed by atoms with van der Waals surface area (Å²) in [4.78, 5) is 37.8. The number of benzene rings is 1. The fourth-order valence-corrected chi connectivity index (χ4v) is 7.06. The molecule has 2 amide bonds. The highest BCUT2D eigenvalue weighted by Gasteiger charge is 2.26. The van der Waals surface area contributed by atoms with Gasteiger partial charge in [-0.15, -0.1) is 34.9 Å². The number of esters is 1. The molecule has 0 saturated carbocycles. The summed E-state index contributed by atoms with van der Waals surface area (Å²) in [5, 5.41) is 5.67. The van der Waals surface area contributed by atoms with E-state index in [0.717, 1.165) is 22.8 Å². The average molecular weight is 465 g/mol. The summed E-state index contributed by atoms with van der Waals surface area (Å²) >= 11 is 4.92. The Labute approximate surface area is 188 Å². The topological polar surface area (TPSA) is 84.5 Å². The number of carbonyl (C=O) groups excluding carboxylic acids is 3. The Bertz CT molecular complexity index is 934. The van der Waals surface area contributed by atoms with Crippen molar-refractivity contribution in [2.75, 3.05) is 30.5 Å². The summed E-state index contributed by atoms with van der Waals surface area (Å²) in [5.74, 6) is 1.11. The van der Waals surface area contributed by atoms with Gasteiger partial charge in [0.2, 0.25) is 0 Å². The summed E-state index contributed by atoms with van der Waals surface area (Å²) in [7, 11) is 1.52. The Hall–Kier alpha value is -1.97.